The van der Waals surface area contributed by atoms with Crippen LogP contribution < -0.4 is 5.32 Å². The zero-order valence-corrected chi connectivity index (χ0v) is 13.9. The van der Waals surface area contributed by atoms with Gasteiger partial charge in [0.25, 0.3) is 0 Å². The lowest BCUT2D eigenvalue weighted by Crippen LogP contribution is -2.49. The Morgan fingerprint density at radius 2 is 2.24 bits per heavy atom. The predicted octanol–water partition coefficient (Wildman–Crippen LogP) is 2.56. The van der Waals surface area contributed by atoms with Crippen molar-refractivity contribution in [1.82, 2.24) is 10.3 Å². The summed E-state index contributed by atoms with van der Waals surface area (Å²) in [5.41, 5.74) is 1.22. The van der Waals surface area contributed by atoms with E-state index < -0.39 is 0 Å². The van der Waals surface area contributed by atoms with Gasteiger partial charge in [0.2, 0.25) is 0 Å². The molecule has 0 aromatic carbocycles. The molecule has 0 aliphatic carbocycles. The van der Waals surface area contributed by atoms with E-state index in [4.69, 9.17) is 9.47 Å². The molecule has 0 bridgehead atoms. The van der Waals surface area contributed by atoms with Crippen molar-refractivity contribution in [1.29, 1.82) is 0 Å². The summed E-state index contributed by atoms with van der Waals surface area (Å²) in [4.78, 5) is 4.62. The number of nitrogens with zero attached hydrogens (tertiary/aromatic N) is 1. The third kappa shape index (κ3) is 3.65. The van der Waals surface area contributed by atoms with Gasteiger partial charge in [-0.25, -0.2) is 4.98 Å². The van der Waals surface area contributed by atoms with Crippen LogP contribution in [0.3, 0.4) is 0 Å². The molecule has 21 heavy (non-hydrogen) atoms. The van der Waals surface area contributed by atoms with Crippen LogP contribution in [0.5, 0.6) is 0 Å². The van der Waals surface area contributed by atoms with Gasteiger partial charge in [-0.3, -0.25) is 0 Å². The van der Waals surface area contributed by atoms with Crippen molar-refractivity contribution in [2.45, 2.75) is 50.7 Å². The van der Waals surface area contributed by atoms with Crippen molar-refractivity contribution < 1.29 is 9.47 Å². The molecular weight excluding hydrogens is 284 g/mol. The average Bonchev–Trinajstić information content (AvgIpc) is 2.91. The van der Waals surface area contributed by atoms with Crippen LogP contribution in [-0.4, -0.2) is 43.5 Å². The van der Waals surface area contributed by atoms with E-state index in [9.17, 15) is 0 Å². The van der Waals surface area contributed by atoms with Crippen LogP contribution in [0.1, 0.15) is 36.4 Å². The minimum atomic E-state index is 0.0784. The largest absolute Gasteiger partial charge is 0.381 e. The molecule has 3 heterocycles. The van der Waals surface area contributed by atoms with Crippen molar-refractivity contribution >= 4 is 11.3 Å². The van der Waals surface area contributed by atoms with Crippen LogP contribution >= 0.6 is 11.3 Å². The monoisotopic (exact) mass is 310 g/mol. The fourth-order valence-electron chi connectivity index (χ4n) is 3.69. The first-order valence-electron chi connectivity index (χ1n) is 8.01. The van der Waals surface area contributed by atoms with Gasteiger partial charge in [0.1, 0.15) is 0 Å². The molecule has 1 N–H and O–H groups in total. The lowest BCUT2D eigenvalue weighted by atomic mass is 9.77. The summed E-state index contributed by atoms with van der Waals surface area (Å²) in [5.74, 6) is 0.672. The number of nitrogens with one attached hydrogen (secondary N) is 1. The summed E-state index contributed by atoms with van der Waals surface area (Å²) >= 11 is 1.78. The van der Waals surface area contributed by atoms with Crippen molar-refractivity contribution in [3.8, 4) is 0 Å². The van der Waals surface area contributed by atoms with E-state index in [0.717, 1.165) is 57.6 Å². The molecule has 2 atom stereocenters. The second-order valence-electron chi connectivity index (χ2n) is 6.38. The van der Waals surface area contributed by atoms with Gasteiger partial charge in [-0.2, -0.15) is 0 Å². The zero-order valence-electron chi connectivity index (χ0n) is 13.1. The predicted molar refractivity (Wildman–Crippen MR) is 84.9 cm³/mol. The van der Waals surface area contributed by atoms with Crippen molar-refractivity contribution in [3.05, 3.63) is 16.1 Å². The lowest BCUT2D eigenvalue weighted by molar-refractivity contribution is -0.149. The Kier molecular flexibility index (Phi) is 4.94. The maximum atomic E-state index is 6.16. The zero-order chi connectivity index (χ0) is 14.7. The fourth-order valence-corrected chi connectivity index (χ4v) is 4.52. The normalized spacial score (nSPS) is 26.9. The molecule has 2 aliphatic heterocycles. The summed E-state index contributed by atoms with van der Waals surface area (Å²) in [6.07, 6.45) is 5.45. The fraction of sp³-hybridized carbons (Fsp3) is 0.812. The summed E-state index contributed by atoms with van der Waals surface area (Å²) < 4.78 is 11.7. The minimum absolute atomic E-state index is 0.0784. The molecule has 4 nitrogen and oxygen atoms in total. The highest BCUT2D eigenvalue weighted by Crippen LogP contribution is 2.38. The van der Waals surface area contributed by atoms with Gasteiger partial charge in [0.05, 0.1) is 10.6 Å². The highest BCUT2D eigenvalue weighted by Gasteiger charge is 2.41. The Morgan fingerprint density at radius 1 is 1.43 bits per heavy atom. The summed E-state index contributed by atoms with van der Waals surface area (Å²) in [7, 11) is 2.08. The number of aryl methyl sites for hydroxylation is 1. The van der Waals surface area contributed by atoms with E-state index in [2.05, 4.69) is 29.7 Å². The Hall–Kier alpha value is -0.490. The molecule has 0 saturated carbocycles. The van der Waals surface area contributed by atoms with Crippen molar-refractivity contribution in [2.75, 3.05) is 26.9 Å². The van der Waals surface area contributed by atoms with Gasteiger partial charge in [-0.15, -0.1) is 11.3 Å². The van der Waals surface area contributed by atoms with Crippen LogP contribution in [0.15, 0.2) is 5.38 Å². The topological polar surface area (TPSA) is 43.4 Å². The SMILES string of the molecule is CNC(Cc1nc(C)cs1)C1CCOC2(CCOCC2)C1. The number of ether oxygens (including phenoxy) is 2. The first-order chi connectivity index (χ1) is 10.2. The molecule has 3 rings (SSSR count). The number of hydrogen-bond acceptors (Lipinski definition) is 5. The molecule has 1 aromatic heterocycles. The standard InChI is InChI=1S/C16H26N2O2S/c1-12-11-21-15(18-12)9-14(17-2)13-3-6-20-16(10-13)4-7-19-8-5-16/h11,13-14,17H,3-10H2,1-2H3. The van der Waals surface area contributed by atoms with Crippen molar-refractivity contribution in [3.63, 3.8) is 0 Å². The van der Waals surface area contributed by atoms with Gasteiger partial charge in [-0.1, -0.05) is 0 Å². The molecule has 1 spiro atoms. The number of hydrogen-bond donors (Lipinski definition) is 1. The average molecular weight is 310 g/mol. The van der Waals surface area contributed by atoms with Crippen LogP contribution in [-0.2, 0) is 15.9 Å². The van der Waals surface area contributed by atoms with Crippen molar-refractivity contribution in [2.24, 2.45) is 5.92 Å². The van der Waals surface area contributed by atoms with E-state index in [-0.39, 0.29) is 5.60 Å². The second kappa shape index (κ2) is 6.73. The smallest absolute Gasteiger partial charge is 0.0943 e. The van der Waals surface area contributed by atoms with E-state index >= 15 is 0 Å². The number of thiazole rings is 1. The highest BCUT2D eigenvalue weighted by molar-refractivity contribution is 7.09. The summed E-state index contributed by atoms with van der Waals surface area (Å²) in [6.45, 7) is 4.66. The number of rotatable bonds is 4. The first kappa shape index (κ1) is 15.4. The van der Waals surface area contributed by atoms with Crippen LogP contribution in [0, 0.1) is 12.8 Å². The second-order valence-corrected chi connectivity index (χ2v) is 7.32. The van der Waals surface area contributed by atoms with E-state index in [1.54, 1.807) is 11.3 Å². The van der Waals surface area contributed by atoms with Gasteiger partial charge in [-0.05, 0) is 45.6 Å². The van der Waals surface area contributed by atoms with Gasteiger partial charge < -0.3 is 14.8 Å². The molecule has 2 fully saturated rings. The Bertz CT molecular complexity index is 451. The third-order valence-corrected chi connectivity index (χ3v) is 5.93. The van der Waals surface area contributed by atoms with Crippen LogP contribution in [0.25, 0.3) is 0 Å². The Balaban J connectivity index is 1.65. The van der Waals surface area contributed by atoms with Crippen LogP contribution in [0.2, 0.25) is 0 Å². The molecule has 1 aromatic rings. The number of aromatic nitrogens is 1. The molecule has 2 saturated heterocycles. The molecule has 5 heteroatoms. The van der Waals surface area contributed by atoms with E-state index in [1.807, 2.05) is 0 Å². The molecule has 2 unspecified atom stereocenters. The van der Waals surface area contributed by atoms with Gasteiger partial charge in [0.15, 0.2) is 0 Å². The summed E-state index contributed by atoms with van der Waals surface area (Å²) in [5, 5.41) is 6.93. The Labute approximate surface area is 131 Å². The third-order valence-electron chi connectivity index (χ3n) is 4.94. The highest BCUT2D eigenvalue weighted by atomic mass is 32.1. The van der Waals surface area contributed by atoms with Crippen LogP contribution in [0.4, 0.5) is 0 Å². The number of likely N-dealkylation sites (N-methyl/N-ethyl adjacent to an activating group) is 1. The van der Waals surface area contributed by atoms with E-state index in [0.29, 0.717) is 12.0 Å². The van der Waals surface area contributed by atoms with E-state index in [1.165, 1.54) is 5.01 Å². The summed E-state index contributed by atoms with van der Waals surface area (Å²) in [6, 6.07) is 0.499. The molecule has 0 radical (unpaired) electrons. The molecular formula is C16H26N2O2S. The maximum absolute atomic E-state index is 6.16. The Morgan fingerprint density at radius 3 is 2.90 bits per heavy atom. The quantitative estimate of drug-likeness (QED) is 0.928. The molecule has 0 amide bonds. The lowest BCUT2D eigenvalue weighted by Gasteiger charge is -2.45. The molecule has 2 aliphatic rings. The minimum Gasteiger partial charge on any atom is -0.381 e. The molecule has 118 valence electrons. The van der Waals surface area contributed by atoms with Gasteiger partial charge in [0, 0.05) is 43.4 Å². The first-order valence-corrected chi connectivity index (χ1v) is 8.89. The van der Waals surface area contributed by atoms with Gasteiger partial charge >= 0.3 is 0 Å². The maximum Gasteiger partial charge on any atom is 0.0943 e.